The highest BCUT2D eigenvalue weighted by Crippen LogP contribution is 1.62. The predicted octanol–water partition coefficient (Wildman–Crippen LogP) is -2.28. The SMILES string of the molecule is NC(N)=NNC(=O)NN=C=O. The van der Waals surface area contributed by atoms with E-state index in [0.29, 0.717) is 0 Å². The number of nitrogens with two attached hydrogens (primary N) is 2. The zero-order valence-electron chi connectivity index (χ0n) is 5.37. The topological polar surface area (TPSA) is 135 Å². The summed E-state index contributed by atoms with van der Waals surface area (Å²) in [6.45, 7) is 0. The molecule has 0 heterocycles. The number of carbonyl (C=O) groups is 1. The Bertz CT molecular complexity index is 212. The van der Waals surface area contributed by atoms with Crippen molar-refractivity contribution in [2.24, 2.45) is 21.7 Å². The van der Waals surface area contributed by atoms with Crippen LogP contribution in [0.4, 0.5) is 4.79 Å². The third-order valence-electron chi connectivity index (χ3n) is 0.490. The second-order valence-corrected chi connectivity index (χ2v) is 1.29. The van der Waals surface area contributed by atoms with Crippen molar-refractivity contribution in [3.05, 3.63) is 0 Å². The molecule has 0 saturated carbocycles. The molecular formula is C3H6N6O2. The molecule has 0 bridgehead atoms. The first kappa shape index (κ1) is 8.92. The van der Waals surface area contributed by atoms with Crippen LogP contribution in [0.1, 0.15) is 0 Å². The Kier molecular flexibility index (Phi) is 3.87. The second-order valence-electron chi connectivity index (χ2n) is 1.29. The lowest BCUT2D eigenvalue weighted by Gasteiger charge is -1.94. The fraction of sp³-hybridized carbons (Fsp3) is 0. The highest BCUT2D eigenvalue weighted by molar-refractivity contribution is 5.79. The number of hydrogen-bond donors (Lipinski definition) is 4. The molecule has 0 radical (unpaired) electrons. The van der Waals surface area contributed by atoms with Crippen LogP contribution in [0.15, 0.2) is 10.2 Å². The number of carbonyl (C=O) groups excluding carboxylic acids is 2. The maximum Gasteiger partial charge on any atom is 0.356 e. The van der Waals surface area contributed by atoms with E-state index in [0.717, 1.165) is 6.08 Å². The first-order valence-electron chi connectivity index (χ1n) is 2.38. The normalized spacial score (nSPS) is 7.27. The summed E-state index contributed by atoms with van der Waals surface area (Å²) in [6.07, 6.45) is 1.08. The third-order valence-corrected chi connectivity index (χ3v) is 0.490. The van der Waals surface area contributed by atoms with Crippen LogP contribution >= 0.6 is 0 Å². The molecule has 0 atom stereocenters. The van der Waals surface area contributed by atoms with E-state index in [-0.39, 0.29) is 5.96 Å². The summed E-state index contributed by atoms with van der Waals surface area (Å²) < 4.78 is 0. The number of nitrogens with zero attached hydrogens (tertiary/aromatic N) is 2. The third kappa shape index (κ3) is 5.80. The standard InChI is InChI=1S/C3H6N6O2/c4-2(5)7-9-3(11)8-6-1-10/h(H4,4,5,7)(H2,8,9,11). The molecule has 6 N–H and O–H groups in total. The molecule has 0 aromatic rings. The molecule has 2 amide bonds. The van der Waals surface area contributed by atoms with Crippen molar-refractivity contribution < 1.29 is 9.59 Å². The number of hydrazone groups is 2. The Hall–Kier alpha value is -2.08. The van der Waals surface area contributed by atoms with Gasteiger partial charge in [0.25, 0.3) is 6.08 Å². The van der Waals surface area contributed by atoms with Gasteiger partial charge in [0.1, 0.15) is 0 Å². The van der Waals surface area contributed by atoms with Crippen molar-refractivity contribution >= 4 is 18.1 Å². The summed E-state index contributed by atoms with van der Waals surface area (Å²) in [5, 5.41) is 5.83. The zero-order valence-corrected chi connectivity index (χ0v) is 5.37. The van der Waals surface area contributed by atoms with Gasteiger partial charge in [-0.2, -0.15) is 0 Å². The monoisotopic (exact) mass is 158 g/mol. The number of urea groups is 1. The van der Waals surface area contributed by atoms with E-state index >= 15 is 0 Å². The van der Waals surface area contributed by atoms with Gasteiger partial charge in [0, 0.05) is 0 Å². The van der Waals surface area contributed by atoms with Gasteiger partial charge in [-0.1, -0.05) is 5.10 Å². The number of amides is 2. The lowest BCUT2D eigenvalue weighted by atomic mass is 11.0. The number of hydrogen-bond acceptors (Lipinski definition) is 4. The molecule has 11 heavy (non-hydrogen) atoms. The summed E-state index contributed by atoms with van der Waals surface area (Å²) in [5.74, 6) is -0.310. The Morgan fingerprint density at radius 3 is 2.45 bits per heavy atom. The largest absolute Gasteiger partial charge is 0.369 e. The lowest BCUT2D eigenvalue weighted by molar-refractivity contribution is 0.241. The highest BCUT2D eigenvalue weighted by atomic mass is 16.2. The number of nitrogens with one attached hydrogen (secondary N) is 2. The Labute approximate surface area is 61.3 Å². The van der Waals surface area contributed by atoms with Crippen LogP contribution in [0.25, 0.3) is 0 Å². The van der Waals surface area contributed by atoms with Gasteiger partial charge in [-0.15, -0.1) is 5.10 Å². The van der Waals surface area contributed by atoms with Crippen LogP contribution in [-0.4, -0.2) is 18.1 Å². The van der Waals surface area contributed by atoms with Crippen molar-refractivity contribution in [1.29, 1.82) is 0 Å². The summed E-state index contributed by atoms with van der Waals surface area (Å²) in [4.78, 5) is 19.8. The minimum Gasteiger partial charge on any atom is -0.369 e. The predicted molar refractivity (Wildman–Crippen MR) is 35.6 cm³/mol. The van der Waals surface area contributed by atoms with Gasteiger partial charge in [0.05, 0.1) is 0 Å². The van der Waals surface area contributed by atoms with E-state index in [1.807, 2.05) is 5.43 Å². The van der Waals surface area contributed by atoms with Gasteiger partial charge < -0.3 is 11.5 Å². The molecular weight excluding hydrogens is 152 g/mol. The molecule has 0 aliphatic carbocycles. The van der Waals surface area contributed by atoms with Crippen molar-refractivity contribution in [2.45, 2.75) is 0 Å². The summed E-state index contributed by atoms with van der Waals surface area (Å²) in [6, 6.07) is -0.832. The number of isocyanates is 1. The summed E-state index contributed by atoms with van der Waals surface area (Å²) in [7, 11) is 0. The quantitative estimate of drug-likeness (QED) is 0.156. The van der Waals surface area contributed by atoms with Crippen LogP contribution in [0.2, 0.25) is 0 Å². The second kappa shape index (κ2) is 4.77. The van der Waals surface area contributed by atoms with Crippen molar-refractivity contribution in [3.8, 4) is 0 Å². The maximum absolute atomic E-state index is 10.4. The van der Waals surface area contributed by atoms with E-state index < -0.39 is 6.03 Å². The molecule has 0 aromatic carbocycles. The zero-order chi connectivity index (χ0) is 8.69. The van der Waals surface area contributed by atoms with E-state index in [4.69, 9.17) is 11.5 Å². The molecule has 0 fully saturated rings. The van der Waals surface area contributed by atoms with Crippen molar-refractivity contribution in [2.75, 3.05) is 0 Å². The average Bonchev–Trinajstić information content (AvgIpc) is 1.97. The fourth-order valence-corrected chi connectivity index (χ4v) is 0.214. The number of rotatable bonds is 2. The van der Waals surface area contributed by atoms with Crippen LogP contribution in [-0.2, 0) is 4.79 Å². The van der Waals surface area contributed by atoms with Crippen LogP contribution in [0, 0.1) is 0 Å². The summed E-state index contributed by atoms with van der Waals surface area (Å²) in [5.41, 5.74) is 13.2. The van der Waals surface area contributed by atoms with Crippen molar-refractivity contribution in [3.63, 3.8) is 0 Å². The van der Waals surface area contributed by atoms with Gasteiger partial charge >= 0.3 is 6.03 Å². The van der Waals surface area contributed by atoms with Crippen LogP contribution < -0.4 is 22.3 Å². The van der Waals surface area contributed by atoms with E-state index in [2.05, 4.69) is 10.2 Å². The van der Waals surface area contributed by atoms with Gasteiger partial charge in [0.2, 0.25) is 5.96 Å². The smallest absolute Gasteiger partial charge is 0.356 e. The van der Waals surface area contributed by atoms with E-state index in [9.17, 15) is 9.59 Å². The molecule has 0 aliphatic rings. The van der Waals surface area contributed by atoms with E-state index in [1.165, 1.54) is 0 Å². The molecule has 0 aromatic heterocycles. The minimum atomic E-state index is -0.832. The van der Waals surface area contributed by atoms with E-state index in [1.54, 1.807) is 5.43 Å². The molecule has 60 valence electrons. The molecule has 0 saturated heterocycles. The van der Waals surface area contributed by atoms with Gasteiger partial charge in [-0.25, -0.2) is 20.4 Å². The van der Waals surface area contributed by atoms with Gasteiger partial charge in [-0.3, -0.25) is 0 Å². The Morgan fingerprint density at radius 1 is 1.36 bits per heavy atom. The van der Waals surface area contributed by atoms with Crippen molar-refractivity contribution in [1.82, 2.24) is 10.9 Å². The Morgan fingerprint density at radius 2 is 2.00 bits per heavy atom. The summed E-state index contributed by atoms with van der Waals surface area (Å²) >= 11 is 0. The van der Waals surface area contributed by atoms with Gasteiger partial charge in [-0.05, 0) is 0 Å². The van der Waals surface area contributed by atoms with Crippen LogP contribution in [0.5, 0.6) is 0 Å². The molecule has 0 unspecified atom stereocenters. The first-order valence-corrected chi connectivity index (χ1v) is 2.38. The molecule has 8 heteroatoms. The highest BCUT2D eigenvalue weighted by Gasteiger charge is 1.93. The Balaban J connectivity index is 3.70. The maximum atomic E-state index is 10.4. The molecule has 0 rings (SSSR count). The molecule has 0 aliphatic heterocycles. The minimum absolute atomic E-state index is 0.310. The van der Waals surface area contributed by atoms with Crippen LogP contribution in [0.3, 0.4) is 0 Å². The first-order chi connectivity index (χ1) is 5.16. The number of guanidine groups is 1. The molecule has 0 spiro atoms. The fourth-order valence-electron chi connectivity index (χ4n) is 0.214. The molecule has 8 nitrogen and oxygen atoms in total. The average molecular weight is 158 g/mol. The lowest BCUT2D eigenvalue weighted by Crippen LogP contribution is -2.33. The van der Waals surface area contributed by atoms with Gasteiger partial charge in [0.15, 0.2) is 0 Å².